The minimum Gasteiger partial charge on any atom is -0.346 e. The third kappa shape index (κ3) is 11.7. The van der Waals surface area contributed by atoms with Crippen LogP contribution < -0.4 is 0 Å². The van der Waals surface area contributed by atoms with E-state index in [2.05, 4.69) is 60.2 Å². The van der Waals surface area contributed by atoms with Crippen LogP contribution in [0.5, 0.6) is 0 Å². The van der Waals surface area contributed by atoms with Gasteiger partial charge < -0.3 is 18.8 Å². The van der Waals surface area contributed by atoms with Gasteiger partial charge in [-0.1, -0.05) is 60.7 Å². The Hall–Kier alpha value is -2.42. The smallest absolute Gasteiger partial charge is 0.346 e. The number of rotatable bonds is 4. The van der Waals surface area contributed by atoms with Crippen LogP contribution in [0.4, 0.5) is 0 Å². The maximum absolute atomic E-state index is 4.40. The molecule has 176 valence electrons. The Morgan fingerprint density at radius 1 is 0.743 bits per heavy atom. The predicted octanol–water partition coefficient (Wildman–Crippen LogP) is 8.96. The van der Waals surface area contributed by atoms with Crippen molar-refractivity contribution in [1.29, 1.82) is 0 Å². The molecule has 35 heavy (non-hydrogen) atoms. The molecule has 0 atom stereocenters. The first kappa shape index (κ1) is 32.6. The van der Waals surface area contributed by atoms with Crippen LogP contribution >= 0.6 is 0 Å². The fourth-order valence-corrected chi connectivity index (χ4v) is 2.99. The molecule has 0 fully saturated rings. The minimum absolute atomic E-state index is 0. The van der Waals surface area contributed by atoms with E-state index in [1.54, 1.807) is 13.8 Å². The largest absolute Gasteiger partial charge is 3.00 e. The zero-order valence-corrected chi connectivity index (χ0v) is 25.1. The molecular weight excluding hydrogens is 553 g/mol. The van der Waals surface area contributed by atoms with E-state index in [0.29, 0.717) is 0 Å². The molecule has 4 aromatic rings. The standard InChI is InChI=1S/C17H16N.C11H9N.2C2H5.Pr/c1-3-8-14(4-2)16-11-12-18-17(13-16)15-9-6-5-7-10-15;1-2-6-10(7-3-1)11-8-4-5-9-12-11;2*1-2;/h3-9,11-13H,1-2H3;1-9H;2*1H2,2H3;/q-1;;2*-1;+3/b8-3-,14-4+;;;;. The molecule has 0 aliphatic rings. The van der Waals surface area contributed by atoms with Crippen LogP contribution in [0.15, 0.2) is 116 Å². The number of pyridine rings is 2. The molecule has 0 radical (unpaired) electrons. The summed E-state index contributed by atoms with van der Waals surface area (Å²) in [6.45, 7) is 14.1. The Balaban J connectivity index is 0.000000593. The molecule has 0 saturated heterocycles. The summed E-state index contributed by atoms with van der Waals surface area (Å²) in [7, 11) is 0. The summed E-state index contributed by atoms with van der Waals surface area (Å²) in [5.74, 6) is 0. The van der Waals surface area contributed by atoms with Gasteiger partial charge in [-0.2, -0.15) is 13.8 Å². The van der Waals surface area contributed by atoms with Crippen molar-refractivity contribution in [2.45, 2.75) is 27.7 Å². The molecule has 0 N–H and O–H groups in total. The van der Waals surface area contributed by atoms with Gasteiger partial charge in [0.25, 0.3) is 0 Å². The molecular formula is C32H35N2Pr. The number of hydrogen-bond acceptors (Lipinski definition) is 2. The van der Waals surface area contributed by atoms with Gasteiger partial charge in [0.2, 0.25) is 0 Å². The molecule has 0 amide bonds. The Bertz CT molecular complexity index is 1050. The van der Waals surface area contributed by atoms with Gasteiger partial charge in [-0.3, -0.25) is 4.98 Å². The Morgan fingerprint density at radius 2 is 1.40 bits per heavy atom. The fourth-order valence-electron chi connectivity index (χ4n) is 2.99. The topological polar surface area (TPSA) is 25.8 Å². The molecule has 4 rings (SSSR count). The average Bonchev–Trinajstić information content (AvgIpc) is 2.96. The first-order valence-electron chi connectivity index (χ1n) is 11.4. The van der Waals surface area contributed by atoms with Crippen LogP contribution in [0.3, 0.4) is 0 Å². The predicted molar refractivity (Wildman–Crippen MR) is 149 cm³/mol. The van der Waals surface area contributed by atoms with E-state index in [-0.39, 0.29) is 41.3 Å². The van der Waals surface area contributed by atoms with Crippen molar-refractivity contribution in [3.63, 3.8) is 0 Å². The van der Waals surface area contributed by atoms with E-state index < -0.39 is 0 Å². The van der Waals surface area contributed by atoms with Crippen LogP contribution in [0, 0.1) is 61.2 Å². The number of aromatic nitrogens is 2. The Kier molecular flexibility index (Phi) is 19.5. The van der Waals surface area contributed by atoms with Crippen molar-refractivity contribution in [2.24, 2.45) is 0 Å². The fraction of sp³-hybridized carbons (Fsp3) is 0.125. The average molecular weight is 589 g/mol. The zero-order chi connectivity index (χ0) is 25.0. The normalized spacial score (nSPS) is 9.83. The number of hydrogen-bond donors (Lipinski definition) is 0. The molecule has 2 heterocycles. The molecule has 0 aliphatic heterocycles. The maximum Gasteiger partial charge on any atom is 3.00 e. The van der Waals surface area contributed by atoms with Gasteiger partial charge in [0, 0.05) is 18.0 Å². The molecule has 2 aromatic heterocycles. The molecule has 0 bridgehead atoms. The second kappa shape index (κ2) is 20.9. The van der Waals surface area contributed by atoms with Crippen molar-refractivity contribution < 1.29 is 41.3 Å². The van der Waals surface area contributed by atoms with Gasteiger partial charge in [0.15, 0.2) is 0 Å². The quantitative estimate of drug-likeness (QED) is 0.176. The van der Waals surface area contributed by atoms with Gasteiger partial charge in [-0.15, -0.1) is 35.9 Å². The summed E-state index contributed by atoms with van der Waals surface area (Å²) in [6, 6.07) is 31.3. The Labute approximate surface area is 246 Å². The molecule has 2 aromatic carbocycles. The van der Waals surface area contributed by atoms with E-state index in [1.165, 1.54) is 11.1 Å². The van der Waals surface area contributed by atoms with Crippen molar-refractivity contribution in [3.8, 4) is 22.5 Å². The monoisotopic (exact) mass is 588 g/mol. The van der Waals surface area contributed by atoms with Crippen LogP contribution in [0.1, 0.15) is 33.3 Å². The number of benzene rings is 2. The van der Waals surface area contributed by atoms with Gasteiger partial charge in [-0.25, -0.2) is 0 Å². The van der Waals surface area contributed by atoms with Crippen molar-refractivity contribution in [1.82, 2.24) is 9.97 Å². The third-order valence-electron chi connectivity index (χ3n) is 4.47. The van der Waals surface area contributed by atoms with Gasteiger partial charge in [0.1, 0.15) is 0 Å². The molecule has 0 aliphatic carbocycles. The van der Waals surface area contributed by atoms with Crippen molar-refractivity contribution in [2.75, 3.05) is 0 Å². The van der Waals surface area contributed by atoms with E-state index in [1.807, 2.05) is 99.0 Å². The van der Waals surface area contributed by atoms with E-state index >= 15 is 0 Å². The minimum atomic E-state index is 0. The van der Waals surface area contributed by atoms with Gasteiger partial charge >= 0.3 is 41.3 Å². The molecule has 3 heteroatoms. The Morgan fingerprint density at radius 3 is 1.97 bits per heavy atom. The van der Waals surface area contributed by atoms with Crippen molar-refractivity contribution in [3.05, 3.63) is 141 Å². The van der Waals surface area contributed by atoms with Crippen LogP contribution in [0.25, 0.3) is 28.1 Å². The summed E-state index contributed by atoms with van der Waals surface area (Å²) in [4.78, 5) is 8.65. The first-order valence-corrected chi connectivity index (χ1v) is 11.4. The zero-order valence-electron chi connectivity index (χ0n) is 21.4. The van der Waals surface area contributed by atoms with Crippen LogP contribution in [-0.2, 0) is 0 Å². The van der Waals surface area contributed by atoms with Crippen molar-refractivity contribution >= 4 is 5.57 Å². The summed E-state index contributed by atoms with van der Waals surface area (Å²) >= 11 is 0. The molecule has 0 saturated carbocycles. The van der Waals surface area contributed by atoms with Gasteiger partial charge in [-0.05, 0) is 48.9 Å². The number of allylic oxidation sites excluding steroid dienone is 4. The molecule has 0 spiro atoms. The second-order valence-corrected chi connectivity index (χ2v) is 6.53. The second-order valence-electron chi connectivity index (χ2n) is 6.53. The van der Waals surface area contributed by atoms with Crippen LogP contribution in [0.2, 0.25) is 0 Å². The number of nitrogens with zero attached hydrogens (tertiary/aromatic N) is 2. The van der Waals surface area contributed by atoms with Gasteiger partial charge in [0.05, 0.1) is 5.69 Å². The first-order chi connectivity index (χ1) is 16.8. The molecule has 2 nitrogen and oxygen atoms in total. The van der Waals surface area contributed by atoms with E-state index in [0.717, 1.165) is 22.5 Å². The summed E-state index contributed by atoms with van der Waals surface area (Å²) < 4.78 is 0. The SMILES string of the molecule is C/C=C\C(=C/C)c1ccnc(-c2[c-]cccc2)c1.[CH2-]C.[CH2-]C.[Pr+3].c1ccc(-c2ccccn2)cc1. The summed E-state index contributed by atoms with van der Waals surface area (Å²) in [6.07, 6.45) is 9.91. The van der Waals surface area contributed by atoms with E-state index in [4.69, 9.17) is 0 Å². The van der Waals surface area contributed by atoms with Crippen LogP contribution in [-0.4, -0.2) is 9.97 Å². The van der Waals surface area contributed by atoms with E-state index in [9.17, 15) is 0 Å². The summed E-state index contributed by atoms with van der Waals surface area (Å²) in [5, 5.41) is 0. The summed E-state index contributed by atoms with van der Waals surface area (Å²) in [5.41, 5.74) is 6.55. The molecule has 0 unspecified atom stereocenters. The third-order valence-corrected chi connectivity index (χ3v) is 4.47. The maximum atomic E-state index is 4.40.